The van der Waals surface area contributed by atoms with Crippen LogP contribution in [0.4, 0.5) is 15.8 Å². The van der Waals surface area contributed by atoms with Gasteiger partial charge in [0.15, 0.2) is 0 Å². The number of nitrogens with one attached hydrogen (secondary N) is 1. The van der Waals surface area contributed by atoms with Gasteiger partial charge in [-0.25, -0.2) is 4.39 Å². The lowest BCUT2D eigenvalue weighted by atomic mass is 10.1. The highest BCUT2D eigenvalue weighted by atomic mass is 19.1. The molecule has 0 aliphatic rings. The molecule has 126 valence electrons. The van der Waals surface area contributed by atoms with Crippen molar-refractivity contribution in [2.75, 3.05) is 5.32 Å². The Hall–Kier alpha value is -3.40. The molecule has 26 heavy (non-hydrogen) atoms. The fraction of sp³-hybridized carbons (Fsp3) is 0.0455. The molecule has 5 aromatic rings. The lowest BCUT2D eigenvalue weighted by Gasteiger charge is -2.09. The molecule has 2 heterocycles. The Kier molecular flexibility index (Phi) is 3.19. The molecule has 0 aliphatic heterocycles. The summed E-state index contributed by atoms with van der Waals surface area (Å²) in [6.07, 6.45) is 0. The second kappa shape index (κ2) is 5.56. The van der Waals surface area contributed by atoms with Gasteiger partial charge in [-0.15, -0.1) is 0 Å². The molecular weight excluding hydrogens is 327 g/mol. The highest BCUT2D eigenvalue weighted by Crippen LogP contribution is 2.37. The first-order valence-corrected chi connectivity index (χ1v) is 8.47. The monoisotopic (exact) mass is 343 g/mol. The van der Waals surface area contributed by atoms with Crippen molar-refractivity contribution < 1.29 is 13.4 Å². The molecule has 0 atom stereocenters. The molecule has 1 N–H and O–H groups in total. The minimum absolute atomic E-state index is 0.256. The molecule has 5 rings (SSSR count). The first-order valence-electron chi connectivity index (χ1n) is 8.47. The van der Waals surface area contributed by atoms with Gasteiger partial charge in [0.25, 0.3) is 5.52 Å². The number of nitrogens with zero attached hydrogens (tertiary/aromatic N) is 1. The highest BCUT2D eigenvalue weighted by molar-refractivity contribution is 6.11. The van der Waals surface area contributed by atoms with Crippen LogP contribution in [0.2, 0.25) is 0 Å². The molecule has 3 nitrogen and oxygen atoms in total. The highest BCUT2D eigenvalue weighted by Gasteiger charge is 2.24. The molecule has 0 saturated carbocycles. The summed E-state index contributed by atoms with van der Waals surface area (Å²) in [6.45, 7) is 0. The quantitative estimate of drug-likeness (QED) is 0.432. The molecule has 0 radical (unpaired) electrons. The lowest BCUT2D eigenvalue weighted by Crippen LogP contribution is -2.30. The molecule has 0 fully saturated rings. The van der Waals surface area contributed by atoms with Gasteiger partial charge in [-0.3, -0.25) is 0 Å². The topological polar surface area (TPSA) is 29.1 Å². The minimum Gasteiger partial charge on any atom is -0.447 e. The smallest absolute Gasteiger partial charge is 0.261 e. The lowest BCUT2D eigenvalue weighted by molar-refractivity contribution is -0.616. The Balaban J connectivity index is 1.89. The minimum atomic E-state index is -0.256. The zero-order chi connectivity index (χ0) is 17.7. The van der Waals surface area contributed by atoms with E-state index in [1.807, 2.05) is 37.4 Å². The van der Waals surface area contributed by atoms with Crippen LogP contribution in [0, 0.1) is 5.82 Å². The van der Waals surface area contributed by atoms with E-state index in [1.54, 1.807) is 12.1 Å². The number of furan rings is 1. The number of pyridine rings is 1. The van der Waals surface area contributed by atoms with Crippen LogP contribution < -0.4 is 9.88 Å². The molecule has 4 heteroatoms. The van der Waals surface area contributed by atoms with Gasteiger partial charge < -0.3 is 9.73 Å². The fourth-order valence-electron chi connectivity index (χ4n) is 3.56. The summed E-state index contributed by atoms with van der Waals surface area (Å²) in [5.41, 5.74) is 5.45. The van der Waals surface area contributed by atoms with E-state index in [2.05, 4.69) is 28.1 Å². The van der Waals surface area contributed by atoms with Crippen molar-refractivity contribution in [3.05, 3.63) is 78.6 Å². The molecule has 3 aromatic carbocycles. The number of rotatable bonds is 2. The average molecular weight is 343 g/mol. The molecular formula is C22H16FN2O+. The fourth-order valence-corrected chi connectivity index (χ4v) is 3.56. The summed E-state index contributed by atoms with van der Waals surface area (Å²) in [7, 11) is 2.05. The summed E-state index contributed by atoms with van der Waals surface area (Å²) in [5, 5.41) is 5.55. The van der Waals surface area contributed by atoms with Crippen LogP contribution in [0.1, 0.15) is 0 Å². The van der Waals surface area contributed by atoms with E-state index in [9.17, 15) is 4.39 Å². The van der Waals surface area contributed by atoms with Crippen molar-refractivity contribution in [2.24, 2.45) is 7.05 Å². The third kappa shape index (κ3) is 2.15. The predicted molar refractivity (Wildman–Crippen MR) is 102 cm³/mol. The van der Waals surface area contributed by atoms with Crippen molar-refractivity contribution in [3.63, 3.8) is 0 Å². The van der Waals surface area contributed by atoms with E-state index in [0.29, 0.717) is 0 Å². The first kappa shape index (κ1) is 14.9. The summed E-state index contributed by atoms with van der Waals surface area (Å²) < 4.78 is 21.6. The van der Waals surface area contributed by atoms with Gasteiger partial charge in [0.2, 0.25) is 11.1 Å². The average Bonchev–Trinajstić information content (AvgIpc) is 3.06. The molecule has 0 amide bonds. The maximum Gasteiger partial charge on any atom is 0.261 e. The number of aryl methyl sites for hydroxylation is 1. The van der Waals surface area contributed by atoms with Crippen LogP contribution in [0.15, 0.2) is 77.2 Å². The van der Waals surface area contributed by atoms with Crippen LogP contribution >= 0.6 is 0 Å². The number of anilines is 2. The number of para-hydroxylation sites is 2. The molecule has 2 aromatic heterocycles. The zero-order valence-corrected chi connectivity index (χ0v) is 14.2. The largest absolute Gasteiger partial charge is 0.447 e. The number of aromatic nitrogens is 1. The summed E-state index contributed by atoms with van der Waals surface area (Å²) in [6, 6.07) is 22.6. The van der Waals surface area contributed by atoms with Gasteiger partial charge in [0.1, 0.15) is 24.1 Å². The van der Waals surface area contributed by atoms with Gasteiger partial charge in [-0.1, -0.05) is 24.3 Å². The normalized spacial score (nSPS) is 11.5. The number of hydrogen-bond donors (Lipinski definition) is 1. The Labute approximate surface area is 149 Å². The third-order valence-electron chi connectivity index (χ3n) is 4.78. The number of hydrogen-bond acceptors (Lipinski definition) is 2. The number of fused-ring (bicyclic) bond motifs is 4. The Morgan fingerprint density at radius 2 is 1.54 bits per heavy atom. The molecule has 0 bridgehead atoms. The van der Waals surface area contributed by atoms with Gasteiger partial charge >= 0.3 is 0 Å². The van der Waals surface area contributed by atoms with E-state index < -0.39 is 0 Å². The van der Waals surface area contributed by atoms with E-state index >= 15 is 0 Å². The Morgan fingerprint density at radius 1 is 0.846 bits per heavy atom. The van der Waals surface area contributed by atoms with E-state index in [-0.39, 0.29) is 5.82 Å². The standard InChI is InChI=1S/C22H15FN2O/c1-25-18-8-4-2-6-16(18)20(24-15-12-10-14(23)11-13-15)22-21(25)17-7-3-5-9-19(17)26-22/h2-13H,1H3/p+1. The molecule has 0 aliphatic carbocycles. The van der Waals surface area contributed by atoms with Crippen molar-refractivity contribution in [1.82, 2.24) is 0 Å². The SMILES string of the molecule is C[n+]1c2ccccc2c(Nc2ccc(F)cc2)c2oc3ccccc3c21. The van der Waals surface area contributed by atoms with Crippen molar-refractivity contribution in [1.29, 1.82) is 0 Å². The zero-order valence-electron chi connectivity index (χ0n) is 14.2. The molecule has 0 spiro atoms. The third-order valence-corrected chi connectivity index (χ3v) is 4.78. The maximum absolute atomic E-state index is 13.3. The van der Waals surface area contributed by atoms with Crippen LogP contribution in [-0.4, -0.2) is 0 Å². The second-order valence-electron chi connectivity index (χ2n) is 6.36. The Morgan fingerprint density at radius 3 is 2.35 bits per heavy atom. The summed E-state index contributed by atoms with van der Waals surface area (Å²) >= 11 is 0. The van der Waals surface area contributed by atoms with E-state index in [0.717, 1.165) is 44.3 Å². The Bertz CT molecular complexity index is 1270. The van der Waals surface area contributed by atoms with Gasteiger partial charge in [0.05, 0.1) is 10.8 Å². The van der Waals surface area contributed by atoms with Crippen LogP contribution in [0.3, 0.4) is 0 Å². The predicted octanol–water partition coefficient (Wildman–Crippen LogP) is 5.45. The van der Waals surface area contributed by atoms with Crippen LogP contribution in [-0.2, 0) is 7.05 Å². The van der Waals surface area contributed by atoms with Gasteiger partial charge in [-0.05, 0) is 42.5 Å². The van der Waals surface area contributed by atoms with Crippen molar-refractivity contribution in [3.8, 4) is 0 Å². The summed E-state index contributed by atoms with van der Waals surface area (Å²) in [4.78, 5) is 0. The molecule has 0 unspecified atom stereocenters. The van der Waals surface area contributed by atoms with E-state index in [4.69, 9.17) is 4.42 Å². The van der Waals surface area contributed by atoms with Gasteiger partial charge in [-0.2, -0.15) is 4.57 Å². The number of halogens is 1. The summed E-state index contributed by atoms with van der Waals surface area (Å²) in [5.74, 6) is -0.256. The van der Waals surface area contributed by atoms with Crippen molar-refractivity contribution >= 4 is 44.3 Å². The van der Waals surface area contributed by atoms with Gasteiger partial charge in [0, 0.05) is 11.8 Å². The van der Waals surface area contributed by atoms with Crippen LogP contribution in [0.25, 0.3) is 33.0 Å². The maximum atomic E-state index is 13.3. The number of benzene rings is 3. The first-order chi connectivity index (χ1) is 12.7. The van der Waals surface area contributed by atoms with Crippen molar-refractivity contribution in [2.45, 2.75) is 0 Å². The molecule has 0 saturated heterocycles. The van der Waals surface area contributed by atoms with E-state index in [1.165, 1.54) is 12.1 Å². The van der Waals surface area contributed by atoms with Crippen LogP contribution in [0.5, 0.6) is 0 Å². The second-order valence-corrected chi connectivity index (χ2v) is 6.36.